The number of amides is 1. The summed E-state index contributed by atoms with van der Waals surface area (Å²) < 4.78 is 29.5. The van der Waals surface area contributed by atoms with Crippen LogP contribution in [0.3, 0.4) is 0 Å². The van der Waals surface area contributed by atoms with E-state index >= 15 is 4.39 Å². The van der Waals surface area contributed by atoms with E-state index in [0.29, 0.717) is 46.7 Å². The van der Waals surface area contributed by atoms with Crippen LogP contribution < -0.4 is 20.3 Å². The van der Waals surface area contributed by atoms with Crippen molar-refractivity contribution in [3.8, 4) is 28.5 Å². The molecule has 10 heteroatoms. The van der Waals surface area contributed by atoms with Crippen molar-refractivity contribution in [3.63, 3.8) is 0 Å². The Bertz CT molecular complexity index is 1750. The molecule has 9 nitrogen and oxygen atoms in total. The predicted octanol–water partition coefficient (Wildman–Crippen LogP) is 4.86. The minimum absolute atomic E-state index is 0.00955. The number of methoxy groups -OCH3 is 1. The van der Waals surface area contributed by atoms with Crippen molar-refractivity contribution < 1.29 is 18.7 Å². The summed E-state index contributed by atoms with van der Waals surface area (Å²) in [5, 5.41) is 3.36. The Morgan fingerprint density at radius 3 is 2.58 bits per heavy atom. The van der Waals surface area contributed by atoms with Crippen LogP contribution in [0.25, 0.3) is 22.2 Å². The van der Waals surface area contributed by atoms with Crippen LogP contribution in [0.5, 0.6) is 17.2 Å². The summed E-state index contributed by atoms with van der Waals surface area (Å²) in [6.45, 7) is 1.15. The number of nitrogens with one attached hydrogen (secondary N) is 1. The van der Waals surface area contributed by atoms with E-state index in [4.69, 9.17) is 9.47 Å². The van der Waals surface area contributed by atoms with Crippen molar-refractivity contribution in [2.45, 2.75) is 19.5 Å². The number of benzene rings is 2. The van der Waals surface area contributed by atoms with Crippen molar-refractivity contribution in [1.82, 2.24) is 19.3 Å². The highest BCUT2D eigenvalue weighted by molar-refractivity contribution is 6.08. The van der Waals surface area contributed by atoms with Gasteiger partial charge < -0.3 is 14.8 Å². The third kappa shape index (κ3) is 4.05. The van der Waals surface area contributed by atoms with Gasteiger partial charge in [-0.15, -0.1) is 0 Å². The van der Waals surface area contributed by atoms with Gasteiger partial charge in [-0.1, -0.05) is 0 Å². The van der Waals surface area contributed by atoms with Gasteiger partial charge in [0.05, 0.1) is 18.3 Å². The van der Waals surface area contributed by atoms with E-state index in [1.165, 1.54) is 12.1 Å². The molecule has 6 rings (SSSR count). The molecular weight excluding hydrogens is 489 g/mol. The second-order valence-corrected chi connectivity index (χ2v) is 8.76. The number of carbonyl (C=O) groups is 1. The van der Waals surface area contributed by atoms with Crippen LogP contribution in [0.1, 0.15) is 16.8 Å². The number of pyridine rings is 2. The minimum Gasteiger partial charge on any atom is -0.497 e. The maximum Gasteiger partial charge on any atom is 0.280 e. The molecule has 3 aromatic heterocycles. The van der Waals surface area contributed by atoms with Gasteiger partial charge in [0.2, 0.25) is 0 Å². The number of carbonyl (C=O) groups excluding carboxylic acids is 1. The number of fused-ring (bicyclic) bond motifs is 2. The van der Waals surface area contributed by atoms with Crippen LogP contribution in [-0.4, -0.2) is 32.3 Å². The van der Waals surface area contributed by atoms with Gasteiger partial charge in [0.1, 0.15) is 17.1 Å². The second kappa shape index (κ2) is 9.47. The van der Waals surface area contributed by atoms with E-state index in [-0.39, 0.29) is 22.6 Å². The molecule has 0 saturated carbocycles. The monoisotopic (exact) mass is 511 g/mol. The first-order chi connectivity index (χ1) is 18.5. The van der Waals surface area contributed by atoms with E-state index < -0.39 is 11.7 Å². The summed E-state index contributed by atoms with van der Waals surface area (Å²) in [5.74, 6) is -0.239. The zero-order valence-corrected chi connectivity index (χ0v) is 20.3. The van der Waals surface area contributed by atoms with E-state index in [1.807, 2.05) is 4.68 Å². The average molecular weight is 512 g/mol. The van der Waals surface area contributed by atoms with Crippen LogP contribution in [-0.2, 0) is 13.1 Å². The maximum absolute atomic E-state index is 15.1. The van der Waals surface area contributed by atoms with Crippen LogP contribution >= 0.6 is 0 Å². The topological polar surface area (TPSA) is 100 Å². The summed E-state index contributed by atoms with van der Waals surface area (Å²) in [7, 11) is 1.57. The molecule has 4 heterocycles. The lowest BCUT2D eigenvalue weighted by Crippen LogP contribution is -2.24. The molecule has 0 radical (unpaired) electrons. The largest absolute Gasteiger partial charge is 0.497 e. The summed E-state index contributed by atoms with van der Waals surface area (Å²) in [4.78, 5) is 34.8. The second-order valence-electron chi connectivity index (χ2n) is 8.76. The highest BCUT2D eigenvalue weighted by Crippen LogP contribution is 2.33. The lowest BCUT2D eigenvalue weighted by atomic mass is 10.1. The van der Waals surface area contributed by atoms with Gasteiger partial charge in [-0.2, -0.15) is 0 Å². The smallest absolute Gasteiger partial charge is 0.280 e. The quantitative estimate of drug-likeness (QED) is 0.350. The van der Waals surface area contributed by atoms with E-state index in [9.17, 15) is 9.59 Å². The van der Waals surface area contributed by atoms with Crippen LogP contribution in [0.15, 0.2) is 78.0 Å². The Balaban J connectivity index is 1.28. The molecule has 1 N–H and O–H groups in total. The molecular formula is C28H22FN5O4. The van der Waals surface area contributed by atoms with Gasteiger partial charge in [-0.25, -0.2) is 9.07 Å². The lowest BCUT2D eigenvalue weighted by molar-refractivity contribution is 0.102. The Morgan fingerprint density at radius 1 is 0.974 bits per heavy atom. The Hall–Kier alpha value is -4.99. The van der Waals surface area contributed by atoms with Gasteiger partial charge in [-0.3, -0.25) is 24.2 Å². The van der Waals surface area contributed by atoms with E-state index in [0.717, 1.165) is 12.5 Å². The number of anilines is 1. The van der Waals surface area contributed by atoms with Crippen molar-refractivity contribution >= 4 is 22.5 Å². The molecule has 1 aliphatic heterocycles. The first-order valence-corrected chi connectivity index (χ1v) is 12.0. The zero-order valence-electron chi connectivity index (χ0n) is 20.3. The van der Waals surface area contributed by atoms with E-state index in [1.54, 1.807) is 66.8 Å². The predicted molar refractivity (Wildman–Crippen MR) is 139 cm³/mol. The van der Waals surface area contributed by atoms with Gasteiger partial charge in [0.25, 0.3) is 11.5 Å². The fourth-order valence-electron chi connectivity index (χ4n) is 4.71. The zero-order chi connectivity index (χ0) is 26.2. The number of ether oxygens (including phenoxy) is 2. The molecule has 0 aliphatic carbocycles. The third-order valence-electron chi connectivity index (χ3n) is 6.47. The number of hydrogen-bond donors (Lipinski definition) is 1. The van der Waals surface area contributed by atoms with Gasteiger partial charge in [0.15, 0.2) is 11.6 Å². The van der Waals surface area contributed by atoms with Gasteiger partial charge >= 0.3 is 0 Å². The molecule has 0 fully saturated rings. The third-order valence-corrected chi connectivity index (χ3v) is 6.47. The molecule has 190 valence electrons. The highest BCUT2D eigenvalue weighted by Gasteiger charge is 2.28. The molecule has 1 amide bonds. The number of rotatable bonds is 6. The summed E-state index contributed by atoms with van der Waals surface area (Å²) in [5.41, 5.74) is 1.69. The summed E-state index contributed by atoms with van der Waals surface area (Å²) >= 11 is 0. The number of hydrogen-bond acceptors (Lipinski definition) is 6. The number of nitrogens with zero attached hydrogens (tertiary/aromatic N) is 4. The number of aromatic nitrogens is 4. The van der Waals surface area contributed by atoms with Crippen molar-refractivity contribution in [2.75, 3.05) is 12.4 Å². The van der Waals surface area contributed by atoms with Gasteiger partial charge in [-0.05, 0) is 48.9 Å². The SMILES string of the molecule is COc1ccc2c(Oc3ccc(NC(=O)c4c(-c5ccncc5)n5n(c4=O)CCC5)cc3F)ccnc2c1. The fraction of sp³-hybridized carbons (Fsp3) is 0.143. The maximum atomic E-state index is 15.1. The normalized spacial score (nSPS) is 12.4. The van der Waals surface area contributed by atoms with Crippen LogP contribution in [0.4, 0.5) is 10.1 Å². The average Bonchev–Trinajstić information content (AvgIpc) is 3.52. The van der Waals surface area contributed by atoms with Crippen molar-refractivity contribution in [1.29, 1.82) is 0 Å². The molecule has 38 heavy (non-hydrogen) atoms. The Kier molecular flexibility index (Phi) is 5.83. The summed E-state index contributed by atoms with van der Waals surface area (Å²) in [6, 6.07) is 14.6. The fourth-order valence-corrected chi connectivity index (χ4v) is 4.71. The lowest BCUT2D eigenvalue weighted by Gasteiger charge is -2.12. The summed E-state index contributed by atoms with van der Waals surface area (Å²) in [6.07, 6.45) is 5.59. The van der Waals surface area contributed by atoms with Crippen molar-refractivity contribution in [3.05, 3.63) is 94.9 Å². The molecule has 5 aromatic rings. The minimum atomic E-state index is -0.674. The van der Waals surface area contributed by atoms with Crippen LogP contribution in [0.2, 0.25) is 0 Å². The first-order valence-electron chi connectivity index (χ1n) is 12.0. The molecule has 0 atom stereocenters. The van der Waals surface area contributed by atoms with Crippen LogP contribution in [0, 0.1) is 5.82 Å². The van der Waals surface area contributed by atoms with Gasteiger partial charge in [0, 0.05) is 60.4 Å². The molecule has 1 aliphatic rings. The molecule has 2 aromatic carbocycles. The van der Waals surface area contributed by atoms with Crippen molar-refractivity contribution in [2.24, 2.45) is 0 Å². The Morgan fingerprint density at radius 2 is 1.79 bits per heavy atom. The molecule has 0 saturated heterocycles. The Labute approximate surface area is 216 Å². The molecule has 0 bridgehead atoms. The molecule has 0 spiro atoms. The molecule has 0 unspecified atom stereocenters. The van der Waals surface area contributed by atoms with E-state index in [2.05, 4.69) is 15.3 Å². The first kappa shape index (κ1) is 23.4. The number of halogens is 1. The standard InChI is InChI=1S/C28H22FN5O4/c1-37-19-4-5-20-22(16-19)31-12-9-23(20)38-24-6-3-18(15-21(24)29)32-27(35)25-26(17-7-10-30-11-8-17)33-13-2-14-34(33)28(25)36/h3-12,15-16H,2,13-14H2,1H3,(H,32,35). The highest BCUT2D eigenvalue weighted by atomic mass is 19.1.